The maximum Gasteiger partial charge on any atom is 0.269 e. The lowest BCUT2D eigenvalue weighted by molar-refractivity contribution is 0.0946. The molecule has 0 atom stereocenters. The van der Waals surface area contributed by atoms with Gasteiger partial charge in [-0.3, -0.25) is 4.79 Å². The summed E-state index contributed by atoms with van der Waals surface area (Å²) < 4.78 is 26.7. The van der Waals surface area contributed by atoms with Crippen LogP contribution in [0.4, 0.5) is 0 Å². The van der Waals surface area contributed by atoms with Gasteiger partial charge in [0.25, 0.3) is 5.91 Å². The smallest absolute Gasteiger partial charge is 0.269 e. The zero-order valence-electron chi connectivity index (χ0n) is 15.1. The van der Waals surface area contributed by atoms with Gasteiger partial charge < -0.3 is 15.3 Å². The molecule has 148 valence electrons. The number of H-pyrrole nitrogens is 2. The van der Waals surface area contributed by atoms with Crippen LogP contribution in [0, 0.1) is 0 Å². The van der Waals surface area contributed by atoms with Crippen LogP contribution in [-0.4, -0.2) is 35.8 Å². The van der Waals surface area contributed by atoms with Crippen LogP contribution in [0.15, 0.2) is 70.8 Å². The molecular formula is C20H17ClN4O3S. The van der Waals surface area contributed by atoms with Gasteiger partial charge in [0.2, 0.25) is 9.84 Å². The predicted molar refractivity (Wildman–Crippen MR) is 110 cm³/mol. The summed E-state index contributed by atoms with van der Waals surface area (Å²) in [6.07, 6.45) is 3.77. The molecule has 0 unspecified atom stereocenters. The van der Waals surface area contributed by atoms with Crippen molar-refractivity contribution in [3.63, 3.8) is 0 Å². The van der Waals surface area contributed by atoms with Crippen LogP contribution in [0.25, 0.3) is 10.9 Å². The van der Waals surface area contributed by atoms with E-state index < -0.39 is 15.7 Å². The summed E-state index contributed by atoms with van der Waals surface area (Å²) in [5.41, 5.74) is 1.37. The molecule has 3 N–H and O–H groups in total. The Kier molecular flexibility index (Phi) is 5.12. The summed E-state index contributed by atoms with van der Waals surface area (Å²) in [5, 5.41) is 3.52. The van der Waals surface area contributed by atoms with Gasteiger partial charge in [-0.15, -0.1) is 0 Å². The minimum absolute atomic E-state index is 0.0178. The first-order valence-corrected chi connectivity index (χ1v) is 10.7. The second-order valence-corrected chi connectivity index (χ2v) is 8.74. The molecule has 4 aromatic rings. The van der Waals surface area contributed by atoms with Crippen molar-refractivity contribution < 1.29 is 13.2 Å². The van der Waals surface area contributed by atoms with Gasteiger partial charge in [0.05, 0.1) is 11.2 Å². The molecule has 1 amide bonds. The van der Waals surface area contributed by atoms with E-state index in [1.54, 1.807) is 48.9 Å². The molecule has 4 rings (SSSR count). The Morgan fingerprint density at radius 1 is 1.14 bits per heavy atom. The Bertz CT molecular complexity index is 1270. The van der Waals surface area contributed by atoms with Crippen molar-refractivity contribution in [2.45, 2.75) is 16.2 Å². The van der Waals surface area contributed by atoms with Gasteiger partial charge >= 0.3 is 0 Å². The molecule has 0 saturated carbocycles. The molecule has 0 aliphatic rings. The fourth-order valence-electron chi connectivity index (χ4n) is 3.12. The number of halogens is 1. The third kappa shape index (κ3) is 3.76. The van der Waals surface area contributed by atoms with Gasteiger partial charge in [0.1, 0.15) is 10.6 Å². The average Bonchev–Trinajstić information content (AvgIpc) is 3.36. The molecule has 9 heteroatoms. The normalized spacial score (nSPS) is 11.6. The molecule has 0 saturated heterocycles. The van der Waals surface area contributed by atoms with Crippen molar-refractivity contribution >= 4 is 38.2 Å². The summed E-state index contributed by atoms with van der Waals surface area (Å²) >= 11 is 6.10. The maximum atomic E-state index is 13.3. The van der Waals surface area contributed by atoms with E-state index in [4.69, 9.17) is 11.6 Å². The number of fused-ring (bicyclic) bond motifs is 1. The molecule has 29 heavy (non-hydrogen) atoms. The molecule has 2 heterocycles. The van der Waals surface area contributed by atoms with Crippen LogP contribution in [0.1, 0.15) is 16.2 Å². The maximum absolute atomic E-state index is 13.3. The summed E-state index contributed by atoms with van der Waals surface area (Å²) in [7, 11) is -3.95. The Balaban J connectivity index is 1.75. The molecule has 0 radical (unpaired) electrons. The van der Waals surface area contributed by atoms with E-state index in [0.29, 0.717) is 28.9 Å². The zero-order chi connectivity index (χ0) is 20.4. The van der Waals surface area contributed by atoms with E-state index in [9.17, 15) is 13.2 Å². The number of imidazole rings is 1. The lowest BCUT2D eigenvalue weighted by atomic mass is 10.2. The number of carbonyl (C=O) groups excluding carboxylic acids is 1. The number of rotatable bonds is 6. The number of nitrogens with zero attached hydrogens (tertiary/aromatic N) is 1. The topological polar surface area (TPSA) is 108 Å². The minimum atomic E-state index is -3.95. The fourth-order valence-corrected chi connectivity index (χ4v) is 4.91. The minimum Gasteiger partial charge on any atom is -0.350 e. The third-order valence-electron chi connectivity index (χ3n) is 4.50. The van der Waals surface area contributed by atoms with E-state index >= 15 is 0 Å². The van der Waals surface area contributed by atoms with Crippen molar-refractivity contribution in [2.24, 2.45) is 0 Å². The van der Waals surface area contributed by atoms with Gasteiger partial charge in [-0.05, 0) is 30.3 Å². The monoisotopic (exact) mass is 428 g/mol. The third-order valence-corrected chi connectivity index (χ3v) is 6.59. The predicted octanol–water partition coefficient (Wildman–Crippen LogP) is 3.35. The van der Waals surface area contributed by atoms with E-state index in [-0.39, 0.29) is 15.5 Å². The molecule has 2 aromatic heterocycles. The van der Waals surface area contributed by atoms with Crippen LogP contribution < -0.4 is 5.32 Å². The van der Waals surface area contributed by atoms with E-state index in [1.807, 2.05) is 0 Å². The van der Waals surface area contributed by atoms with Gasteiger partial charge in [0, 0.05) is 40.8 Å². The second kappa shape index (κ2) is 7.73. The Labute approximate surface area is 172 Å². The number of aromatic nitrogens is 3. The van der Waals surface area contributed by atoms with Gasteiger partial charge in [-0.1, -0.05) is 29.8 Å². The molecule has 0 fully saturated rings. The number of hydrogen-bond acceptors (Lipinski definition) is 4. The molecular weight excluding hydrogens is 412 g/mol. The number of aromatic amines is 2. The first-order valence-electron chi connectivity index (χ1n) is 8.83. The summed E-state index contributed by atoms with van der Waals surface area (Å²) in [4.78, 5) is 22.7. The number of sulfone groups is 1. The number of nitrogens with one attached hydrogen (secondary N) is 3. The lowest BCUT2D eigenvalue weighted by Gasteiger charge is -2.08. The Hall–Kier alpha value is -3.10. The second-order valence-electron chi connectivity index (χ2n) is 6.42. The fraction of sp³-hybridized carbons (Fsp3) is 0.100. The van der Waals surface area contributed by atoms with E-state index in [0.717, 1.165) is 5.69 Å². The number of benzene rings is 2. The summed E-state index contributed by atoms with van der Waals surface area (Å²) in [6, 6.07) is 12.8. The number of carbonyl (C=O) groups is 1. The van der Waals surface area contributed by atoms with Crippen molar-refractivity contribution in [1.29, 1.82) is 0 Å². The van der Waals surface area contributed by atoms with Crippen LogP contribution in [-0.2, 0) is 16.3 Å². The first kappa shape index (κ1) is 19.2. The number of hydrogen-bond donors (Lipinski definition) is 3. The van der Waals surface area contributed by atoms with Gasteiger partial charge in [0.15, 0.2) is 0 Å². The highest BCUT2D eigenvalue weighted by Gasteiger charge is 2.29. The van der Waals surface area contributed by atoms with Crippen molar-refractivity contribution in [2.75, 3.05) is 6.54 Å². The molecule has 0 bridgehead atoms. The highest BCUT2D eigenvalue weighted by molar-refractivity contribution is 7.91. The van der Waals surface area contributed by atoms with Crippen LogP contribution in [0.2, 0.25) is 5.02 Å². The molecule has 0 aliphatic heterocycles. The largest absolute Gasteiger partial charge is 0.350 e. The Morgan fingerprint density at radius 2 is 1.93 bits per heavy atom. The molecule has 7 nitrogen and oxygen atoms in total. The van der Waals surface area contributed by atoms with Crippen LogP contribution in [0.5, 0.6) is 0 Å². The Morgan fingerprint density at radius 3 is 2.66 bits per heavy atom. The average molecular weight is 429 g/mol. The molecule has 2 aromatic carbocycles. The standard InChI is InChI=1S/C20H17ClN4O3S/c21-13-6-7-17-16(10-13)19(29(27,28)15-4-2-1-3-5-15)18(25-17)20(26)23-9-8-14-11-22-12-24-14/h1-7,10-12,25H,8-9H2,(H,22,24)(H,23,26). The summed E-state index contributed by atoms with van der Waals surface area (Å²) in [6.45, 7) is 0.321. The lowest BCUT2D eigenvalue weighted by Crippen LogP contribution is -2.27. The van der Waals surface area contributed by atoms with Crippen LogP contribution in [0.3, 0.4) is 0 Å². The first-order chi connectivity index (χ1) is 14.0. The van der Waals surface area contributed by atoms with Gasteiger partial charge in [-0.2, -0.15) is 0 Å². The van der Waals surface area contributed by atoms with E-state index in [2.05, 4.69) is 20.3 Å². The van der Waals surface area contributed by atoms with Crippen molar-refractivity contribution in [1.82, 2.24) is 20.3 Å². The van der Waals surface area contributed by atoms with Crippen molar-refractivity contribution in [3.05, 3.63) is 77.5 Å². The SMILES string of the molecule is O=C(NCCc1cnc[nH]1)c1[nH]c2ccc(Cl)cc2c1S(=O)(=O)c1ccccc1. The van der Waals surface area contributed by atoms with Crippen LogP contribution >= 0.6 is 11.6 Å². The highest BCUT2D eigenvalue weighted by Crippen LogP contribution is 2.33. The quantitative estimate of drug-likeness (QED) is 0.437. The molecule has 0 aliphatic carbocycles. The summed E-state index contributed by atoms with van der Waals surface area (Å²) in [5.74, 6) is -0.508. The van der Waals surface area contributed by atoms with Gasteiger partial charge in [-0.25, -0.2) is 13.4 Å². The number of amides is 1. The highest BCUT2D eigenvalue weighted by atomic mass is 35.5. The van der Waals surface area contributed by atoms with Crippen molar-refractivity contribution in [3.8, 4) is 0 Å². The zero-order valence-corrected chi connectivity index (χ0v) is 16.7. The molecule has 0 spiro atoms. The van der Waals surface area contributed by atoms with E-state index in [1.165, 1.54) is 12.1 Å².